The summed E-state index contributed by atoms with van der Waals surface area (Å²) < 4.78 is 2.29. The standard InChI is InChI=1S/C54H40N4/c1-37-16-11-12-25-45(37)46-34-35-49-47-26-13-14-27-50(47)58(51(49)48(46)33-28-38-17-5-2-6-18-38)54-56-52(42-21-9-4-10-22-42)55-53(57-54)44-24-15-23-43(36-44)41-31-29-40(30-32-41)39-19-7-3-8-20-39/h2-27,29-32,34-36H,28,33H2,1H3. The minimum Gasteiger partial charge on any atom is -0.277 e. The summed E-state index contributed by atoms with van der Waals surface area (Å²) in [5.41, 5.74) is 15.0. The number of fused-ring (bicyclic) bond motifs is 3. The first-order valence-corrected chi connectivity index (χ1v) is 19.9. The topological polar surface area (TPSA) is 43.6 Å². The van der Waals surface area contributed by atoms with Crippen LogP contribution in [0.4, 0.5) is 0 Å². The van der Waals surface area contributed by atoms with E-state index in [4.69, 9.17) is 15.0 Å². The quantitative estimate of drug-likeness (QED) is 0.148. The number of hydrogen-bond acceptors (Lipinski definition) is 3. The molecule has 0 radical (unpaired) electrons. The van der Waals surface area contributed by atoms with Crippen LogP contribution in [0.3, 0.4) is 0 Å². The van der Waals surface area contributed by atoms with Gasteiger partial charge in [-0.15, -0.1) is 0 Å². The molecule has 10 rings (SSSR count). The van der Waals surface area contributed by atoms with Crippen molar-refractivity contribution in [2.75, 3.05) is 0 Å². The van der Waals surface area contributed by atoms with Gasteiger partial charge in [-0.3, -0.25) is 4.57 Å². The van der Waals surface area contributed by atoms with Crippen LogP contribution in [-0.4, -0.2) is 19.5 Å². The number of aryl methyl sites for hydroxylation is 3. The predicted octanol–water partition coefficient (Wildman–Crippen LogP) is 13.4. The van der Waals surface area contributed by atoms with Crippen molar-refractivity contribution in [1.29, 1.82) is 0 Å². The van der Waals surface area contributed by atoms with Gasteiger partial charge in [-0.05, 0) is 82.0 Å². The molecule has 0 N–H and O–H groups in total. The van der Waals surface area contributed by atoms with Crippen LogP contribution in [-0.2, 0) is 12.8 Å². The lowest BCUT2D eigenvalue weighted by atomic mass is 9.91. The van der Waals surface area contributed by atoms with Gasteiger partial charge in [0.2, 0.25) is 5.95 Å². The normalized spacial score (nSPS) is 11.3. The zero-order valence-electron chi connectivity index (χ0n) is 32.3. The summed E-state index contributed by atoms with van der Waals surface area (Å²) in [6.45, 7) is 2.20. The molecule has 0 aliphatic rings. The van der Waals surface area contributed by atoms with Crippen LogP contribution in [0.25, 0.3) is 83.9 Å². The molecule has 4 heteroatoms. The third-order valence-electron chi connectivity index (χ3n) is 11.2. The van der Waals surface area contributed by atoms with E-state index in [1.807, 2.05) is 24.3 Å². The summed E-state index contributed by atoms with van der Waals surface area (Å²) in [7, 11) is 0. The monoisotopic (exact) mass is 744 g/mol. The highest BCUT2D eigenvalue weighted by Crippen LogP contribution is 2.40. The Bertz CT molecular complexity index is 3040. The van der Waals surface area contributed by atoms with Crippen molar-refractivity contribution in [2.45, 2.75) is 19.8 Å². The Morgan fingerprint density at radius 2 is 0.966 bits per heavy atom. The predicted molar refractivity (Wildman–Crippen MR) is 240 cm³/mol. The zero-order chi connectivity index (χ0) is 38.8. The molecule has 0 amide bonds. The minimum absolute atomic E-state index is 0.593. The van der Waals surface area contributed by atoms with Gasteiger partial charge in [0.15, 0.2) is 11.6 Å². The number of para-hydroxylation sites is 1. The highest BCUT2D eigenvalue weighted by atomic mass is 15.2. The van der Waals surface area contributed by atoms with Crippen LogP contribution >= 0.6 is 0 Å². The Kier molecular flexibility index (Phi) is 9.21. The van der Waals surface area contributed by atoms with E-state index in [9.17, 15) is 0 Å². The molecule has 0 saturated heterocycles. The third-order valence-corrected chi connectivity index (χ3v) is 11.2. The van der Waals surface area contributed by atoms with E-state index in [0.717, 1.165) is 46.1 Å². The van der Waals surface area contributed by atoms with Gasteiger partial charge in [0.25, 0.3) is 0 Å². The van der Waals surface area contributed by atoms with E-state index < -0.39 is 0 Å². The van der Waals surface area contributed by atoms with Gasteiger partial charge < -0.3 is 0 Å². The summed E-state index contributed by atoms with van der Waals surface area (Å²) in [5.74, 6) is 1.85. The maximum Gasteiger partial charge on any atom is 0.238 e. The third kappa shape index (κ3) is 6.65. The molecule has 0 bridgehead atoms. The lowest BCUT2D eigenvalue weighted by Gasteiger charge is -2.17. The number of hydrogen-bond donors (Lipinski definition) is 0. The van der Waals surface area contributed by atoms with Gasteiger partial charge in [-0.25, -0.2) is 4.98 Å². The van der Waals surface area contributed by atoms with Crippen LogP contribution in [0.15, 0.2) is 200 Å². The molecule has 58 heavy (non-hydrogen) atoms. The van der Waals surface area contributed by atoms with Crippen LogP contribution in [0.2, 0.25) is 0 Å². The first-order valence-electron chi connectivity index (χ1n) is 19.9. The Balaban J connectivity index is 1.19. The van der Waals surface area contributed by atoms with Gasteiger partial charge >= 0.3 is 0 Å². The molecule has 0 aliphatic heterocycles. The maximum absolute atomic E-state index is 5.38. The van der Waals surface area contributed by atoms with Crippen molar-refractivity contribution in [1.82, 2.24) is 19.5 Å². The van der Waals surface area contributed by atoms with Crippen molar-refractivity contribution in [2.24, 2.45) is 0 Å². The molecule has 0 atom stereocenters. The van der Waals surface area contributed by atoms with Gasteiger partial charge in [0.1, 0.15) is 0 Å². The second kappa shape index (κ2) is 15.2. The van der Waals surface area contributed by atoms with Crippen LogP contribution < -0.4 is 0 Å². The minimum atomic E-state index is 0.593. The Hall–Kier alpha value is -7.43. The van der Waals surface area contributed by atoms with Crippen LogP contribution in [0, 0.1) is 6.92 Å². The smallest absolute Gasteiger partial charge is 0.238 e. The number of benzene rings is 8. The average molecular weight is 745 g/mol. The van der Waals surface area contributed by atoms with E-state index in [0.29, 0.717) is 17.6 Å². The maximum atomic E-state index is 5.38. The van der Waals surface area contributed by atoms with Crippen molar-refractivity contribution in [3.63, 3.8) is 0 Å². The van der Waals surface area contributed by atoms with Gasteiger partial charge in [-0.2, -0.15) is 9.97 Å². The lowest BCUT2D eigenvalue weighted by Crippen LogP contribution is -2.08. The Labute approximate surface area is 338 Å². The van der Waals surface area contributed by atoms with Crippen LogP contribution in [0.1, 0.15) is 16.7 Å². The SMILES string of the molecule is Cc1ccccc1-c1ccc2c3ccccc3n(-c3nc(-c4ccccc4)nc(-c4cccc(-c5ccc(-c6ccccc6)cc5)c4)n3)c2c1CCc1ccccc1. The molecule has 0 fully saturated rings. The molecular weight excluding hydrogens is 705 g/mol. The highest BCUT2D eigenvalue weighted by Gasteiger charge is 2.22. The fourth-order valence-electron chi connectivity index (χ4n) is 8.26. The fourth-order valence-corrected chi connectivity index (χ4v) is 8.26. The molecule has 2 aromatic heterocycles. The summed E-state index contributed by atoms with van der Waals surface area (Å²) in [6.07, 6.45) is 1.74. The molecule has 0 saturated carbocycles. The van der Waals surface area contributed by atoms with Crippen molar-refractivity contribution < 1.29 is 0 Å². The van der Waals surface area contributed by atoms with E-state index in [-0.39, 0.29) is 0 Å². The number of nitrogens with zero attached hydrogens (tertiary/aromatic N) is 4. The Morgan fingerprint density at radius 3 is 1.71 bits per heavy atom. The zero-order valence-corrected chi connectivity index (χ0v) is 32.3. The highest BCUT2D eigenvalue weighted by molar-refractivity contribution is 6.11. The van der Waals surface area contributed by atoms with Gasteiger partial charge in [-0.1, -0.05) is 188 Å². The molecule has 2 heterocycles. The van der Waals surface area contributed by atoms with E-state index in [1.165, 1.54) is 49.7 Å². The summed E-state index contributed by atoms with van der Waals surface area (Å²) in [4.78, 5) is 15.9. The van der Waals surface area contributed by atoms with E-state index in [1.54, 1.807) is 0 Å². The molecule has 0 aliphatic carbocycles. The lowest BCUT2D eigenvalue weighted by molar-refractivity contribution is 0.930. The molecule has 276 valence electrons. The Morgan fingerprint density at radius 1 is 0.397 bits per heavy atom. The van der Waals surface area contributed by atoms with Crippen molar-refractivity contribution >= 4 is 21.8 Å². The van der Waals surface area contributed by atoms with Crippen molar-refractivity contribution in [3.05, 3.63) is 217 Å². The van der Waals surface area contributed by atoms with E-state index in [2.05, 4.69) is 187 Å². The number of rotatable bonds is 9. The molecule has 0 unspecified atom stereocenters. The second-order valence-electron chi connectivity index (χ2n) is 14.8. The summed E-state index contributed by atoms with van der Waals surface area (Å²) in [6, 6.07) is 70.7. The molecule has 8 aromatic carbocycles. The second-order valence-corrected chi connectivity index (χ2v) is 14.8. The van der Waals surface area contributed by atoms with Gasteiger partial charge in [0, 0.05) is 21.9 Å². The largest absolute Gasteiger partial charge is 0.277 e. The first kappa shape index (κ1) is 35.0. The molecule has 10 aromatic rings. The van der Waals surface area contributed by atoms with Crippen molar-refractivity contribution in [3.8, 4) is 62.1 Å². The van der Waals surface area contributed by atoms with Gasteiger partial charge in [0.05, 0.1) is 11.0 Å². The van der Waals surface area contributed by atoms with E-state index >= 15 is 0 Å². The summed E-state index contributed by atoms with van der Waals surface area (Å²) >= 11 is 0. The first-order chi connectivity index (χ1) is 28.7. The summed E-state index contributed by atoms with van der Waals surface area (Å²) in [5, 5.41) is 2.35. The average Bonchev–Trinajstić information content (AvgIpc) is 3.64. The fraction of sp³-hybridized carbons (Fsp3) is 0.0556. The van der Waals surface area contributed by atoms with Crippen LogP contribution in [0.5, 0.6) is 0 Å². The molecule has 4 nitrogen and oxygen atoms in total. The molecule has 0 spiro atoms. The molecular formula is C54H40N4. The number of aromatic nitrogens is 4.